The van der Waals surface area contributed by atoms with Crippen LogP contribution >= 0.6 is 0 Å². The number of rotatable bonds is 3. The van der Waals surface area contributed by atoms with E-state index in [9.17, 15) is 9.18 Å². The summed E-state index contributed by atoms with van der Waals surface area (Å²) in [5.41, 5.74) is 4.06. The van der Waals surface area contributed by atoms with Gasteiger partial charge in [0.15, 0.2) is 5.65 Å². The molecule has 0 saturated carbocycles. The third-order valence-corrected chi connectivity index (χ3v) is 5.45. The second-order valence-corrected chi connectivity index (χ2v) is 7.66. The largest absolute Gasteiger partial charge is 0.354 e. The first kappa shape index (κ1) is 19.3. The van der Waals surface area contributed by atoms with Crippen molar-refractivity contribution in [3.05, 3.63) is 59.2 Å². The van der Waals surface area contributed by atoms with Crippen molar-refractivity contribution in [1.29, 1.82) is 0 Å². The van der Waals surface area contributed by atoms with Crippen LogP contribution in [-0.4, -0.2) is 33.9 Å². The molecule has 1 saturated heterocycles. The molecule has 0 spiro atoms. The van der Waals surface area contributed by atoms with Crippen molar-refractivity contribution in [1.82, 2.24) is 14.9 Å². The molecule has 1 amide bonds. The number of pyridine rings is 2. The molecule has 3 heterocycles. The Hall–Kier alpha value is -3.02. The van der Waals surface area contributed by atoms with Crippen molar-refractivity contribution in [2.45, 2.75) is 39.5 Å². The van der Waals surface area contributed by atoms with Crippen LogP contribution in [0.15, 0.2) is 36.5 Å². The topological polar surface area (TPSA) is 58.1 Å². The molecule has 1 aliphatic rings. The average molecular weight is 392 g/mol. The number of aromatic nitrogens is 2. The molecular formula is C23H25FN4O. The number of anilines is 2. The summed E-state index contributed by atoms with van der Waals surface area (Å²) in [6, 6.07) is 8.41. The van der Waals surface area contributed by atoms with E-state index in [1.807, 2.05) is 30.9 Å². The molecule has 1 fully saturated rings. The second kappa shape index (κ2) is 8.15. The Labute approximate surface area is 170 Å². The van der Waals surface area contributed by atoms with Crippen LogP contribution in [0.4, 0.5) is 15.8 Å². The Bertz CT molecular complexity index is 1060. The van der Waals surface area contributed by atoms with Gasteiger partial charge >= 0.3 is 0 Å². The fourth-order valence-electron chi connectivity index (χ4n) is 3.78. The number of nitrogens with one attached hydrogen (secondary N) is 1. The number of benzene rings is 1. The summed E-state index contributed by atoms with van der Waals surface area (Å²) < 4.78 is 13.9. The third-order valence-electron chi connectivity index (χ3n) is 5.45. The van der Waals surface area contributed by atoms with E-state index in [1.54, 1.807) is 12.3 Å². The van der Waals surface area contributed by atoms with Crippen LogP contribution in [0.5, 0.6) is 0 Å². The van der Waals surface area contributed by atoms with Gasteiger partial charge in [0.05, 0.1) is 11.3 Å². The molecule has 0 bridgehead atoms. The zero-order chi connectivity index (χ0) is 20.4. The minimum Gasteiger partial charge on any atom is -0.354 e. The molecule has 0 aliphatic carbocycles. The van der Waals surface area contributed by atoms with E-state index in [1.165, 1.54) is 12.1 Å². The van der Waals surface area contributed by atoms with Gasteiger partial charge < -0.3 is 10.2 Å². The molecule has 5 nitrogen and oxygen atoms in total. The van der Waals surface area contributed by atoms with E-state index in [4.69, 9.17) is 0 Å². The molecule has 2 aromatic heterocycles. The molecule has 1 aliphatic heterocycles. The van der Waals surface area contributed by atoms with E-state index >= 15 is 0 Å². The molecule has 6 heteroatoms. The van der Waals surface area contributed by atoms with Gasteiger partial charge in [0, 0.05) is 36.1 Å². The number of carbonyl (C=O) groups is 1. The maximum absolute atomic E-state index is 13.9. The predicted molar refractivity (Wildman–Crippen MR) is 113 cm³/mol. The van der Waals surface area contributed by atoms with Crippen LogP contribution in [-0.2, 0) is 0 Å². The molecule has 29 heavy (non-hydrogen) atoms. The van der Waals surface area contributed by atoms with Crippen molar-refractivity contribution in [2.75, 3.05) is 18.4 Å². The summed E-state index contributed by atoms with van der Waals surface area (Å²) in [6.07, 6.45) is 5.92. The lowest BCUT2D eigenvalue weighted by molar-refractivity contribution is 0.0762. The number of hydrogen-bond acceptors (Lipinski definition) is 4. The fourth-order valence-corrected chi connectivity index (χ4v) is 3.78. The minimum absolute atomic E-state index is 0.0431. The molecule has 4 rings (SSSR count). The first-order chi connectivity index (χ1) is 14.0. The molecule has 0 radical (unpaired) electrons. The predicted octanol–water partition coefficient (Wildman–Crippen LogP) is 5.15. The van der Waals surface area contributed by atoms with Crippen molar-refractivity contribution >= 4 is 28.3 Å². The Morgan fingerprint density at radius 1 is 1.07 bits per heavy atom. The highest BCUT2D eigenvalue weighted by Crippen LogP contribution is 2.31. The fraction of sp³-hybridized carbons (Fsp3) is 0.348. The number of amides is 1. The smallest absolute Gasteiger partial charge is 0.257 e. The lowest BCUT2D eigenvalue weighted by Gasteiger charge is -2.23. The highest BCUT2D eigenvalue weighted by atomic mass is 19.1. The molecule has 1 N–H and O–H groups in total. The van der Waals surface area contributed by atoms with Crippen LogP contribution < -0.4 is 5.32 Å². The summed E-state index contributed by atoms with van der Waals surface area (Å²) >= 11 is 0. The Morgan fingerprint density at radius 2 is 1.83 bits per heavy atom. The summed E-state index contributed by atoms with van der Waals surface area (Å²) in [6.45, 7) is 5.31. The normalized spacial score (nSPS) is 14.7. The van der Waals surface area contributed by atoms with Crippen LogP contribution in [0.25, 0.3) is 11.0 Å². The first-order valence-corrected chi connectivity index (χ1v) is 10.1. The number of likely N-dealkylation sites (tertiary alicyclic amines) is 1. The summed E-state index contributed by atoms with van der Waals surface area (Å²) in [5, 5.41) is 4.06. The van der Waals surface area contributed by atoms with E-state index in [0.29, 0.717) is 22.6 Å². The number of hydrogen-bond donors (Lipinski definition) is 1. The van der Waals surface area contributed by atoms with E-state index < -0.39 is 0 Å². The maximum atomic E-state index is 13.9. The van der Waals surface area contributed by atoms with Gasteiger partial charge in [-0.15, -0.1) is 0 Å². The maximum Gasteiger partial charge on any atom is 0.257 e. The van der Waals surface area contributed by atoms with Gasteiger partial charge in [0.2, 0.25) is 0 Å². The highest BCUT2D eigenvalue weighted by molar-refractivity contribution is 6.07. The van der Waals surface area contributed by atoms with Crippen molar-refractivity contribution < 1.29 is 9.18 Å². The summed E-state index contributed by atoms with van der Waals surface area (Å²) in [7, 11) is 0. The SMILES string of the molecule is Cc1ccc2c(Nc3cc(F)ccc3C)c(C(=O)N3CCCCCC3)cnc2n1. The Balaban J connectivity index is 1.83. The zero-order valence-corrected chi connectivity index (χ0v) is 16.8. The van der Waals surface area contributed by atoms with Gasteiger partial charge in [0.25, 0.3) is 5.91 Å². The van der Waals surface area contributed by atoms with Gasteiger partial charge in [0.1, 0.15) is 5.82 Å². The van der Waals surface area contributed by atoms with Crippen LogP contribution in [0.1, 0.15) is 47.3 Å². The minimum atomic E-state index is -0.328. The molecular weight excluding hydrogens is 367 g/mol. The zero-order valence-electron chi connectivity index (χ0n) is 16.8. The molecule has 0 atom stereocenters. The number of halogens is 1. The quantitative estimate of drug-likeness (QED) is 0.670. The summed E-state index contributed by atoms with van der Waals surface area (Å²) in [4.78, 5) is 24.2. The van der Waals surface area contributed by atoms with Gasteiger partial charge in [-0.3, -0.25) is 4.79 Å². The van der Waals surface area contributed by atoms with Crippen molar-refractivity contribution in [3.8, 4) is 0 Å². The summed E-state index contributed by atoms with van der Waals surface area (Å²) in [5.74, 6) is -0.371. The Kier molecular flexibility index (Phi) is 5.43. The van der Waals surface area contributed by atoms with Crippen LogP contribution in [0.2, 0.25) is 0 Å². The molecule has 150 valence electrons. The average Bonchev–Trinajstić information content (AvgIpc) is 3.00. The molecule has 1 aromatic carbocycles. The molecule has 0 unspecified atom stereocenters. The van der Waals surface area contributed by atoms with Crippen LogP contribution in [0, 0.1) is 19.7 Å². The first-order valence-electron chi connectivity index (χ1n) is 10.1. The number of aryl methyl sites for hydroxylation is 2. The standard InChI is InChI=1S/C23H25FN4O/c1-15-7-9-17(24)13-20(15)27-21-18-10-8-16(2)26-22(18)25-14-19(21)23(29)28-11-5-3-4-6-12-28/h7-10,13-14H,3-6,11-12H2,1-2H3,(H,25,26,27). The Morgan fingerprint density at radius 3 is 2.59 bits per heavy atom. The van der Waals surface area contributed by atoms with Crippen LogP contribution in [0.3, 0.4) is 0 Å². The van der Waals surface area contributed by atoms with E-state index in [2.05, 4.69) is 15.3 Å². The van der Waals surface area contributed by atoms with Gasteiger partial charge in [-0.1, -0.05) is 18.9 Å². The third kappa shape index (κ3) is 4.06. The van der Waals surface area contributed by atoms with E-state index in [0.717, 1.165) is 55.4 Å². The van der Waals surface area contributed by atoms with E-state index in [-0.39, 0.29) is 11.7 Å². The van der Waals surface area contributed by atoms with Gasteiger partial charge in [-0.05, 0) is 56.5 Å². The van der Waals surface area contributed by atoms with Crippen molar-refractivity contribution in [3.63, 3.8) is 0 Å². The lowest BCUT2D eigenvalue weighted by Crippen LogP contribution is -2.32. The van der Waals surface area contributed by atoms with Gasteiger partial charge in [-0.2, -0.15) is 0 Å². The van der Waals surface area contributed by atoms with Crippen molar-refractivity contribution in [2.24, 2.45) is 0 Å². The second-order valence-electron chi connectivity index (χ2n) is 7.66. The number of carbonyl (C=O) groups excluding carboxylic acids is 1. The lowest BCUT2D eigenvalue weighted by atomic mass is 10.1. The number of fused-ring (bicyclic) bond motifs is 1. The molecule has 3 aromatic rings. The highest BCUT2D eigenvalue weighted by Gasteiger charge is 2.23. The van der Waals surface area contributed by atoms with Gasteiger partial charge in [-0.25, -0.2) is 14.4 Å². The monoisotopic (exact) mass is 392 g/mol. The number of nitrogens with zero attached hydrogens (tertiary/aromatic N) is 3.